The molecule has 2 heterocycles. The van der Waals surface area contributed by atoms with E-state index in [1.54, 1.807) is 0 Å². The van der Waals surface area contributed by atoms with Crippen molar-refractivity contribution in [2.75, 3.05) is 0 Å². The van der Waals surface area contributed by atoms with E-state index in [4.69, 9.17) is 11.6 Å². The molecule has 2 aromatic heterocycles. The van der Waals surface area contributed by atoms with Crippen LogP contribution in [-0.2, 0) is 5.88 Å². The molecule has 0 amide bonds. The lowest BCUT2D eigenvalue weighted by atomic mass is 10.2. The molecule has 12 heavy (non-hydrogen) atoms. The molecular weight excluding hydrogens is 172 g/mol. The third-order valence-electron chi connectivity index (χ3n) is 1.94. The third-order valence-corrected chi connectivity index (χ3v) is 2.21. The molecule has 0 fully saturated rings. The summed E-state index contributed by atoms with van der Waals surface area (Å²) in [4.78, 5) is 7.42. The Hall–Kier alpha value is -1.02. The predicted molar refractivity (Wildman–Crippen MR) is 50.4 cm³/mol. The van der Waals surface area contributed by atoms with Crippen LogP contribution in [-0.4, -0.2) is 9.97 Å². The van der Waals surface area contributed by atoms with Gasteiger partial charge in [-0.1, -0.05) is 0 Å². The topological polar surface area (TPSA) is 28.7 Å². The number of nitrogens with one attached hydrogen (secondary N) is 1. The van der Waals surface area contributed by atoms with E-state index in [0.29, 0.717) is 5.88 Å². The van der Waals surface area contributed by atoms with Crippen LogP contribution in [0.4, 0.5) is 0 Å². The molecule has 0 aliphatic carbocycles. The number of fused-ring (bicyclic) bond motifs is 1. The number of rotatable bonds is 1. The predicted octanol–water partition coefficient (Wildman–Crippen LogP) is 2.61. The smallest absolute Gasteiger partial charge is 0.137 e. The van der Waals surface area contributed by atoms with Crippen LogP contribution in [0, 0.1) is 6.92 Å². The summed E-state index contributed by atoms with van der Waals surface area (Å²) in [5.41, 5.74) is 3.05. The largest absolute Gasteiger partial charge is 0.346 e. The standard InChI is InChI=1S/C9H9ClN2/c1-6-5-11-9-8(6)3-2-7(4-10)12-9/h2-3,5H,4H2,1H3,(H,11,12). The van der Waals surface area contributed by atoms with Crippen molar-refractivity contribution in [1.29, 1.82) is 0 Å². The van der Waals surface area contributed by atoms with Gasteiger partial charge in [0.05, 0.1) is 11.6 Å². The van der Waals surface area contributed by atoms with Crippen LogP contribution in [0.25, 0.3) is 11.0 Å². The maximum Gasteiger partial charge on any atom is 0.137 e. The van der Waals surface area contributed by atoms with Crippen molar-refractivity contribution in [3.8, 4) is 0 Å². The first kappa shape index (κ1) is 7.62. The SMILES string of the molecule is Cc1c[nH]c2nc(CCl)ccc12. The minimum Gasteiger partial charge on any atom is -0.346 e. The van der Waals surface area contributed by atoms with E-state index in [1.165, 1.54) is 10.9 Å². The second-order valence-corrected chi connectivity index (χ2v) is 3.07. The summed E-state index contributed by atoms with van der Waals surface area (Å²) in [6.45, 7) is 2.06. The molecule has 2 aromatic rings. The van der Waals surface area contributed by atoms with Crippen LogP contribution in [0.3, 0.4) is 0 Å². The average Bonchev–Trinajstić information content (AvgIpc) is 2.47. The molecule has 0 saturated carbocycles. The van der Waals surface area contributed by atoms with Gasteiger partial charge in [0, 0.05) is 11.6 Å². The fourth-order valence-electron chi connectivity index (χ4n) is 1.26. The van der Waals surface area contributed by atoms with Gasteiger partial charge in [-0.25, -0.2) is 4.98 Å². The minimum absolute atomic E-state index is 0.466. The molecule has 0 aliphatic rings. The van der Waals surface area contributed by atoms with E-state index in [9.17, 15) is 0 Å². The first-order valence-electron chi connectivity index (χ1n) is 3.81. The fraction of sp³-hybridized carbons (Fsp3) is 0.222. The van der Waals surface area contributed by atoms with Crippen LogP contribution in [0.1, 0.15) is 11.3 Å². The lowest BCUT2D eigenvalue weighted by molar-refractivity contribution is 1.19. The molecule has 0 unspecified atom stereocenters. The van der Waals surface area contributed by atoms with Gasteiger partial charge in [0.15, 0.2) is 0 Å². The van der Waals surface area contributed by atoms with Gasteiger partial charge in [0.1, 0.15) is 5.65 Å². The Kier molecular flexibility index (Phi) is 1.77. The molecule has 2 rings (SSSR count). The molecular formula is C9H9ClN2. The van der Waals surface area contributed by atoms with Crippen LogP contribution < -0.4 is 0 Å². The molecule has 0 radical (unpaired) electrons. The molecule has 0 atom stereocenters. The highest BCUT2D eigenvalue weighted by atomic mass is 35.5. The molecule has 0 bridgehead atoms. The first-order chi connectivity index (χ1) is 5.81. The van der Waals surface area contributed by atoms with Gasteiger partial charge in [-0.2, -0.15) is 0 Å². The Labute approximate surface area is 75.6 Å². The minimum atomic E-state index is 0.466. The van der Waals surface area contributed by atoms with Crippen molar-refractivity contribution in [2.24, 2.45) is 0 Å². The Bertz CT molecular complexity index is 406. The zero-order valence-electron chi connectivity index (χ0n) is 6.76. The number of alkyl halides is 1. The van der Waals surface area contributed by atoms with Gasteiger partial charge in [0.2, 0.25) is 0 Å². The number of pyridine rings is 1. The number of halogens is 1. The lowest BCUT2D eigenvalue weighted by Crippen LogP contribution is -1.84. The van der Waals surface area contributed by atoms with E-state index < -0.39 is 0 Å². The van der Waals surface area contributed by atoms with Crippen molar-refractivity contribution >= 4 is 22.6 Å². The zero-order valence-corrected chi connectivity index (χ0v) is 7.52. The van der Waals surface area contributed by atoms with Crippen LogP contribution in [0.15, 0.2) is 18.3 Å². The summed E-state index contributed by atoms with van der Waals surface area (Å²) in [7, 11) is 0. The zero-order chi connectivity index (χ0) is 8.55. The maximum atomic E-state index is 5.66. The van der Waals surface area contributed by atoms with Crippen molar-refractivity contribution in [2.45, 2.75) is 12.8 Å². The van der Waals surface area contributed by atoms with E-state index in [0.717, 1.165) is 11.3 Å². The summed E-state index contributed by atoms with van der Waals surface area (Å²) in [6, 6.07) is 4.00. The van der Waals surface area contributed by atoms with Crippen LogP contribution in [0.5, 0.6) is 0 Å². The molecule has 0 aliphatic heterocycles. The van der Waals surface area contributed by atoms with E-state index in [2.05, 4.69) is 16.9 Å². The number of aromatic nitrogens is 2. The normalized spacial score (nSPS) is 10.8. The van der Waals surface area contributed by atoms with Crippen LogP contribution in [0.2, 0.25) is 0 Å². The van der Waals surface area contributed by atoms with Crippen molar-refractivity contribution in [3.63, 3.8) is 0 Å². The molecule has 62 valence electrons. The van der Waals surface area contributed by atoms with Crippen LogP contribution >= 0.6 is 11.6 Å². The lowest BCUT2D eigenvalue weighted by Gasteiger charge is -1.94. The van der Waals surface area contributed by atoms with E-state index in [1.807, 2.05) is 18.3 Å². The summed E-state index contributed by atoms with van der Waals surface area (Å²) < 4.78 is 0. The molecule has 0 saturated heterocycles. The summed E-state index contributed by atoms with van der Waals surface area (Å²) >= 11 is 5.66. The number of aryl methyl sites for hydroxylation is 1. The highest BCUT2D eigenvalue weighted by molar-refractivity contribution is 6.16. The van der Waals surface area contributed by atoms with Gasteiger partial charge in [0.25, 0.3) is 0 Å². The second kappa shape index (κ2) is 2.79. The summed E-state index contributed by atoms with van der Waals surface area (Å²) in [6.07, 6.45) is 1.95. The Balaban J connectivity index is 2.69. The van der Waals surface area contributed by atoms with Crippen molar-refractivity contribution < 1.29 is 0 Å². The van der Waals surface area contributed by atoms with Gasteiger partial charge in [-0.15, -0.1) is 11.6 Å². The highest BCUT2D eigenvalue weighted by Crippen LogP contribution is 2.16. The molecule has 3 heteroatoms. The van der Waals surface area contributed by atoms with Crippen molar-refractivity contribution in [3.05, 3.63) is 29.6 Å². The van der Waals surface area contributed by atoms with Gasteiger partial charge in [-0.3, -0.25) is 0 Å². The van der Waals surface area contributed by atoms with Crippen molar-refractivity contribution in [1.82, 2.24) is 9.97 Å². The Morgan fingerprint density at radius 2 is 2.33 bits per heavy atom. The molecule has 0 spiro atoms. The average molecular weight is 181 g/mol. The van der Waals surface area contributed by atoms with E-state index in [-0.39, 0.29) is 0 Å². The monoisotopic (exact) mass is 180 g/mol. The fourth-order valence-corrected chi connectivity index (χ4v) is 1.41. The molecule has 1 N–H and O–H groups in total. The van der Waals surface area contributed by atoms with Gasteiger partial charge >= 0.3 is 0 Å². The number of aromatic amines is 1. The number of hydrogen-bond acceptors (Lipinski definition) is 1. The highest BCUT2D eigenvalue weighted by Gasteiger charge is 2.00. The number of nitrogens with zero attached hydrogens (tertiary/aromatic N) is 1. The number of H-pyrrole nitrogens is 1. The third kappa shape index (κ3) is 1.08. The molecule has 0 aromatic carbocycles. The Morgan fingerprint density at radius 3 is 3.08 bits per heavy atom. The maximum absolute atomic E-state index is 5.66. The Morgan fingerprint density at radius 1 is 1.50 bits per heavy atom. The molecule has 2 nitrogen and oxygen atoms in total. The van der Waals surface area contributed by atoms with E-state index >= 15 is 0 Å². The number of hydrogen-bond donors (Lipinski definition) is 1. The van der Waals surface area contributed by atoms with Gasteiger partial charge in [-0.05, 0) is 24.6 Å². The van der Waals surface area contributed by atoms with Gasteiger partial charge < -0.3 is 4.98 Å². The quantitative estimate of drug-likeness (QED) is 0.672. The second-order valence-electron chi connectivity index (χ2n) is 2.80. The first-order valence-corrected chi connectivity index (χ1v) is 4.34. The summed E-state index contributed by atoms with van der Waals surface area (Å²) in [5.74, 6) is 0.466. The summed E-state index contributed by atoms with van der Waals surface area (Å²) in [5, 5.41) is 1.17.